The molecule has 2 aromatic rings. The highest BCUT2D eigenvalue weighted by molar-refractivity contribution is 6.31. The quantitative estimate of drug-likeness (QED) is 0.482. The van der Waals surface area contributed by atoms with Crippen molar-refractivity contribution in [2.75, 3.05) is 25.5 Å². The van der Waals surface area contributed by atoms with Crippen LogP contribution in [-0.4, -0.2) is 52.8 Å². The van der Waals surface area contributed by atoms with Gasteiger partial charge in [-0.15, -0.1) is 0 Å². The summed E-state index contributed by atoms with van der Waals surface area (Å²) in [4.78, 5) is 43.6. The molecule has 1 saturated heterocycles. The monoisotopic (exact) mass is 445 g/mol. The average Bonchev–Trinajstić information content (AvgIpc) is 3.26. The normalized spacial score (nSPS) is 19.1. The molecular formula is C22H28ClN5O3. The van der Waals surface area contributed by atoms with Crippen LogP contribution in [0.15, 0.2) is 35.3 Å². The molecule has 2 amide bonds. The van der Waals surface area contributed by atoms with Crippen LogP contribution in [0.4, 0.5) is 5.69 Å². The van der Waals surface area contributed by atoms with Gasteiger partial charge in [-0.05, 0) is 50.7 Å². The lowest BCUT2D eigenvalue weighted by molar-refractivity contribution is 0.0618. The van der Waals surface area contributed by atoms with Gasteiger partial charge in [0.05, 0.1) is 21.7 Å². The number of nitrogens with one attached hydrogen (secondary N) is 2. The summed E-state index contributed by atoms with van der Waals surface area (Å²) in [6, 6.07) is 6.61. The van der Waals surface area contributed by atoms with Crippen LogP contribution in [0.3, 0.4) is 0 Å². The van der Waals surface area contributed by atoms with Crippen molar-refractivity contribution < 1.29 is 9.59 Å². The van der Waals surface area contributed by atoms with Gasteiger partial charge in [-0.25, -0.2) is 0 Å². The van der Waals surface area contributed by atoms with Crippen LogP contribution < -0.4 is 16.6 Å². The van der Waals surface area contributed by atoms with E-state index in [0.717, 1.165) is 19.4 Å². The number of carbonyl (C=O) groups excluding carboxylic acids is 2. The zero-order valence-electron chi connectivity index (χ0n) is 17.9. The molecule has 3 heterocycles. The lowest BCUT2D eigenvalue weighted by Crippen LogP contribution is -2.41. The fourth-order valence-electron chi connectivity index (χ4n) is 3.98. The number of imide groups is 1. The van der Waals surface area contributed by atoms with Gasteiger partial charge in [0, 0.05) is 24.5 Å². The molecule has 2 unspecified atom stereocenters. The predicted molar refractivity (Wildman–Crippen MR) is 121 cm³/mol. The minimum Gasteiger partial charge on any atom is -0.366 e. The highest BCUT2D eigenvalue weighted by Crippen LogP contribution is 2.29. The van der Waals surface area contributed by atoms with Crippen LogP contribution in [0.1, 0.15) is 59.1 Å². The maximum absolute atomic E-state index is 12.9. The molecule has 4 N–H and O–H groups in total. The second-order valence-electron chi connectivity index (χ2n) is 7.45. The van der Waals surface area contributed by atoms with E-state index >= 15 is 0 Å². The highest BCUT2D eigenvalue weighted by Gasteiger charge is 2.38. The molecule has 0 radical (unpaired) electrons. The molecule has 2 atom stereocenters. The van der Waals surface area contributed by atoms with Crippen LogP contribution in [0.25, 0.3) is 0 Å². The van der Waals surface area contributed by atoms with Crippen LogP contribution in [-0.2, 0) is 0 Å². The van der Waals surface area contributed by atoms with Crippen LogP contribution >= 0.6 is 11.6 Å². The van der Waals surface area contributed by atoms with Gasteiger partial charge >= 0.3 is 0 Å². The van der Waals surface area contributed by atoms with Gasteiger partial charge < -0.3 is 20.9 Å². The van der Waals surface area contributed by atoms with Gasteiger partial charge in [0.25, 0.3) is 17.4 Å². The molecule has 9 heteroatoms. The van der Waals surface area contributed by atoms with E-state index in [2.05, 4.69) is 15.2 Å². The first-order valence-electron chi connectivity index (χ1n) is 10.5. The number of hydrogen-bond donors (Lipinski definition) is 3. The van der Waals surface area contributed by atoms with Crippen LogP contribution in [0.2, 0.25) is 5.02 Å². The van der Waals surface area contributed by atoms with Crippen molar-refractivity contribution in [3.8, 4) is 0 Å². The number of amides is 2. The van der Waals surface area contributed by atoms with E-state index in [1.807, 2.05) is 20.9 Å². The number of anilines is 1. The maximum atomic E-state index is 12.9. The number of rotatable bonds is 5. The Morgan fingerprint density at radius 2 is 1.90 bits per heavy atom. The zero-order valence-corrected chi connectivity index (χ0v) is 18.7. The smallest absolute Gasteiger partial charge is 0.261 e. The number of halogens is 1. The number of aromatic amines is 1. The Morgan fingerprint density at radius 3 is 2.55 bits per heavy atom. The second kappa shape index (κ2) is 9.64. The molecule has 4 rings (SSSR count). The number of aromatic nitrogens is 1. The van der Waals surface area contributed by atoms with E-state index < -0.39 is 11.7 Å². The van der Waals surface area contributed by atoms with Gasteiger partial charge in [-0.2, -0.15) is 0 Å². The topological polar surface area (TPSA) is 112 Å². The molecule has 0 aliphatic carbocycles. The summed E-state index contributed by atoms with van der Waals surface area (Å²) < 4.78 is 0. The van der Waals surface area contributed by atoms with Crippen LogP contribution in [0, 0.1) is 0 Å². The van der Waals surface area contributed by atoms with E-state index in [1.165, 1.54) is 11.1 Å². The zero-order chi connectivity index (χ0) is 22.7. The minimum atomic E-state index is -0.874. The Kier molecular flexibility index (Phi) is 7.15. The van der Waals surface area contributed by atoms with E-state index in [9.17, 15) is 14.4 Å². The first kappa shape index (κ1) is 23.0. The number of fused-ring (bicyclic) bond motifs is 1. The van der Waals surface area contributed by atoms with Crippen LogP contribution in [0.5, 0.6) is 0 Å². The number of carbonyl (C=O) groups is 2. The van der Waals surface area contributed by atoms with Crippen molar-refractivity contribution in [3.05, 3.63) is 62.5 Å². The first-order chi connectivity index (χ1) is 14.9. The van der Waals surface area contributed by atoms with Gasteiger partial charge in [-0.3, -0.25) is 19.3 Å². The number of likely N-dealkylation sites (N-methyl/N-ethyl adjacent to an activating group) is 1. The number of benzene rings is 1. The van der Waals surface area contributed by atoms with Gasteiger partial charge in [0.2, 0.25) is 0 Å². The number of hydrogen-bond acceptors (Lipinski definition) is 6. The van der Waals surface area contributed by atoms with Crippen molar-refractivity contribution in [1.29, 1.82) is 0 Å². The second-order valence-corrected chi connectivity index (χ2v) is 7.86. The van der Waals surface area contributed by atoms with Gasteiger partial charge in [0.1, 0.15) is 6.17 Å². The van der Waals surface area contributed by atoms with E-state index in [-0.39, 0.29) is 28.4 Å². The molecule has 166 valence electrons. The Labute approximate surface area is 186 Å². The molecular weight excluding hydrogens is 418 g/mol. The van der Waals surface area contributed by atoms with Crippen molar-refractivity contribution in [1.82, 2.24) is 14.8 Å². The number of nitrogens with zero attached hydrogens (tertiary/aromatic N) is 2. The SMILES string of the molecule is CC.CN1CCCC1CN1C(=O)c2ccc(NC(N)c3c(Cl)cc[nH]c3=O)cc2C1=O. The Balaban J connectivity index is 0.00000132. The van der Waals surface area contributed by atoms with E-state index in [1.54, 1.807) is 24.3 Å². The molecule has 31 heavy (non-hydrogen) atoms. The molecule has 0 bridgehead atoms. The molecule has 0 saturated carbocycles. The third-order valence-electron chi connectivity index (χ3n) is 5.61. The number of pyridine rings is 1. The summed E-state index contributed by atoms with van der Waals surface area (Å²) in [6.07, 6.45) is 2.60. The average molecular weight is 446 g/mol. The lowest BCUT2D eigenvalue weighted by Gasteiger charge is -2.24. The summed E-state index contributed by atoms with van der Waals surface area (Å²) in [5.41, 5.74) is 7.15. The molecule has 1 fully saturated rings. The summed E-state index contributed by atoms with van der Waals surface area (Å²) >= 11 is 6.09. The highest BCUT2D eigenvalue weighted by atomic mass is 35.5. The fraction of sp³-hybridized carbons (Fsp3) is 0.409. The van der Waals surface area contributed by atoms with Gasteiger partial charge in [-0.1, -0.05) is 25.4 Å². The predicted octanol–water partition coefficient (Wildman–Crippen LogP) is 2.81. The van der Waals surface area contributed by atoms with Gasteiger partial charge in [0.15, 0.2) is 0 Å². The maximum Gasteiger partial charge on any atom is 0.261 e. The molecule has 8 nitrogen and oxygen atoms in total. The number of nitrogens with two attached hydrogens (primary N) is 1. The van der Waals surface area contributed by atoms with Crippen molar-refractivity contribution in [2.24, 2.45) is 5.73 Å². The number of H-pyrrole nitrogens is 1. The third-order valence-corrected chi connectivity index (χ3v) is 5.94. The summed E-state index contributed by atoms with van der Waals surface area (Å²) in [6.45, 7) is 5.36. The minimum absolute atomic E-state index is 0.190. The lowest BCUT2D eigenvalue weighted by atomic mass is 10.1. The summed E-state index contributed by atoms with van der Waals surface area (Å²) in [7, 11) is 2.01. The van der Waals surface area contributed by atoms with E-state index in [0.29, 0.717) is 23.4 Å². The standard InChI is InChI=1S/C20H22ClN5O3.C2H6/c1-25-8-2-3-12(25)10-26-19(28)13-5-4-11(9-14(13)20(26)29)24-17(22)16-15(21)6-7-23-18(16)27;1-2/h4-7,9,12,17,24H,2-3,8,10,22H2,1H3,(H,23,27);1-2H3. The Morgan fingerprint density at radius 1 is 1.19 bits per heavy atom. The number of likely N-dealkylation sites (tertiary alicyclic amines) is 1. The summed E-state index contributed by atoms with van der Waals surface area (Å²) in [5.74, 6) is -0.582. The fourth-order valence-corrected chi connectivity index (χ4v) is 4.24. The Bertz CT molecular complexity index is 1040. The van der Waals surface area contributed by atoms with Crippen molar-refractivity contribution >= 4 is 29.1 Å². The summed E-state index contributed by atoms with van der Waals surface area (Å²) in [5, 5.41) is 3.23. The van der Waals surface area contributed by atoms with Crippen molar-refractivity contribution in [3.63, 3.8) is 0 Å². The first-order valence-corrected chi connectivity index (χ1v) is 10.8. The molecule has 2 aliphatic heterocycles. The third kappa shape index (κ3) is 4.51. The van der Waals surface area contributed by atoms with Crippen molar-refractivity contribution in [2.45, 2.75) is 38.9 Å². The largest absolute Gasteiger partial charge is 0.366 e. The molecule has 1 aromatic carbocycles. The Hall–Kier alpha value is -2.68. The molecule has 0 spiro atoms. The molecule has 1 aromatic heterocycles. The molecule has 2 aliphatic rings. The van der Waals surface area contributed by atoms with E-state index in [4.69, 9.17) is 17.3 Å².